The minimum Gasteiger partial charge on any atom is -0.369 e. The molecule has 0 bridgehead atoms. The lowest BCUT2D eigenvalue weighted by molar-refractivity contribution is 0.269. The molecule has 0 aromatic carbocycles. The SMILES string of the molecule is Cc1cnc2c(c1)nc(N)n2C(C)C1CCCCC1. The zero-order valence-electron chi connectivity index (χ0n) is 11.8. The standard InChI is InChI=1S/C15H22N4/c1-10-8-13-14(17-9-10)19(15(16)18-13)11(2)12-6-4-3-5-7-12/h8-9,11-12H,3-7H2,1-2H3,(H2,16,18). The van der Waals surface area contributed by atoms with Gasteiger partial charge in [-0.3, -0.25) is 4.57 Å². The molecule has 0 saturated heterocycles. The second-order valence-corrected chi connectivity index (χ2v) is 5.83. The summed E-state index contributed by atoms with van der Waals surface area (Å²) in [4.78, 5) is 9.01. The highest BCUT2D eigenvalue weighted by molar-refractivity contribution is 5.74. The Kier molecular flexibility index (Phi) is 3.17. The number of imidazole rings is 1. The van der Waals surface area contributed by atoms with E-state index in [1.54, 1.807) is 0 Å². The summed E-state index contributed by atoms with van der Waals surface area (Å²) in [5.74, 6) is 1.31. The van der Waals surface area contributed by atoms with Crippen LogP contribution in [0.15, 0.2) is 12.3 Å². The van der Waals surface area contributed by atoms with Gasteiger partial charge in [0.15, 0.2) is 5.65 Å². The van der Waals surface area contributed by atoms with E-state index in [1.165, 1.54) is 32.1 Å². The summed E-state index contributed by atoms with van der Waals surface area (Å²) in [5, 5.41) is 0. The number of anilines is 1. The molecule has 0 amide bonds. The number of nitrogens with zero attached hydrogens (tertiary/aromatic N) is 3. The van der Waals surface area contributed by atoms with E-state index in [0.717, 1.165) is 16.7 Å². The second-order valence-electron chi connectivity index (χ2n) is 5.83. The van der Waals surface area contributed by atoms with Gasteiger partial charge >= 0.3 is 0 Å². The zero-order chi connectivity index (χ0) is 13.4. The van der Waals surface area contributed by atoms with Gasteiger partial charge in [0, 0.05) is 12.2 Å². The van der Waals surface area contributed by atoms with Crippen LogP contribution in [0.3, 0.4) is 0 Å². The Morgan fingerprint density at radius 2 is 2.05 bits per heavy atom. The lowest BCUT2D eigenvalue weighted by Crippen LogP contribution is -2.20. The quantitative estimate of drug-likeness (QED) is 0.897. The van der Waals surface area contributed by atoms with Crippen molar-refractivity contribution in [3.05, 3.63) is 17.8 Å². The third kappa shape index (κ3) is 2.20. The number of rotatable bonds is 2. The summed E-state index contributed by atoms with van der Waals surface area (Å²) >= 11 is 0. The van der Waals surface area contributed by atoms with Crippen LogP contribution in [0.1, 0.15) is 50.6 Å². The number of fused-ring (bicyclic) bond motifs is 1. The summed E-state index contributed by atoms with van der Waals surface area (Å²) in [7, 11) is 0. The number of nitrogen functional groups attached to an aromatic ring is 1. The van der Waals surface area contributed by atoms with Crippen LogP contribution in [-0.2, 0) is 0 Å². The number of hydrogen-bond donors (Lipinski definition) is 1. The second kappa shape index (κ2) is 4.83. The van der Waals surface area contributed by atoms with Crippen molar-refractivity contribution < 1.29 is 0 Å². The van der Waals surface area contributed by atoms with Crippen LogP contribution in [0, 0.1) is 12.8 Å². The molecule has 0 spiro atoms. The van der Waals surface area contributed by atoms with Crippen molar-refractivity contribution in [1.82, 2.24) is 14.5 Å². The largest absolute Gasteiger partial charge is 0.369 e. The highest BCUT2D eigenvalue weighted by Gasteiger charge is 2.24. The minimum absolute atomic E-state index is 0.389. The van der Waals surface area contributed by atoms with E-state index in [2.05, 4.69) is 27.5 Å². The molecule has 19 heavy (non-hydrogen) atoms. The lowest BCUT2D eigenvalue weighted by atomic mass is 9.84. The number of pyridine rings is 1. The van der Waals surface area contributed by atoms with Gasteiger partial charge in [-0.15, -0.1) is 0 Å². The molecule has 1 unspecified atom stereocenters. The summed E-state index contributed by atoms with van der Waals surface area (Å²) in [6, 6.07) is 2.45. The molecule has 3 rings (SSSR count). The monoisotopic (exact) mass is 258 g/mol. The molecule has 0 radical (unpaired) electrons. The summed E-state index contributed by atoms with van der Waals surface area (Å²) in [6.07, 6.45) is 8.55. The maximum absolute atomic E-state index is 6.12. The van der Waals surface area contributed by atoms with E-state index in [1.807, 2.05) is 13.1 Å². The molecular formula is C15H22N4. The first-order chi connectivity index (χ1) is 9.16. The normalized spacial score (nSPS) is 18.8. The fraction of sp³-hybridized carbons (Fsp3) is 0.600. The van der Waals surface area contributed by atoms with Crippen LogP contribution in [0.25, 0.3) is 11.2 Å². The Balaban J connectivity index is 2.01. The molecule has 2 N–H and O–H groups in total. The zero-order valence-corrected chi connectivity index (χ0v) is 11.8. The van der Waals surface area contributed by atoms with Crippen LogP contribution in [0.5, 0.6) is 0 Å². The van der Waals surface area contributed by atoms with Gasteiger partial charge in [0.25, 0.3) is 0 Å². The molecule has 4 nitrogen and oxygen atoms in total. The average molecular weight is 258 g/mol. The molecule has 1 aliphatic rings. The van der Waals surface area contributed by atoms with Crippen LogP contribution < -0.4 is 5.73 Å². The van der Waals surface area contributed by atoms with Gasteiger partial charge in [0.1, 0.15) is 5.52 Å². The molecule has 1 atom stereocenters. The summed E-state index contributed by atoms with van der Waals surface area (Å²) in [6.45, 7) is 4.29. The Morgan fingerprint density at radius 3 is 2.79 bits per heavy atom. The number of aryl methyl sites for hydroxylation is 1. The maximum Gasteiger partial charge on any atom is 0.202 e. The minimum atomic E-state index is 0.389. The molecule has 1 fully saturated rings. The van der Waals surface area contributed by atoms with E-state index in [4.69, 9.17) is 5.73 Å². The Labute approximate surface area is 114 Å². The van der Waals surface area contributed by atoms with Crippen molar-refractivity contribution in [3.8, 4) is 0 Å². The Morgan fingerprint density at radius 1 is 1.32 bits per heavy atom. The topological polar surface area (TPSA) is 56.7 Å². The molecule has 2 aromatic rings. The van der Waals surface area contributed by atoms with Gasteiger partial charge in [0.2, 0.25) is 5.95 Å². The van der Waals surface area contributed by atoms with Crippen LogP contribution in [-0.4, -0.2) is 14.5 Å². The molecule has 4 heteroatoms. The maximum atomic E-state index is 6.12. The van der Waals surface area contributed by atoms with E-state index >= 15 is 0 Å². The molecule has 2 aromatic heterocycles. The third-order valence-electron chi connectivity index (χ3n) is 4.43. The number of aromatic nitrogens is 3. The Bertz CT molecular complexity index is 581. The summed E-state index contributed by atoms with van der Waals surface area (Å²) < 4.78 is 2.13. The molecule has 0 aliphatic heterocycles. The van der Waals surface area contributed by atoms with Crippen LogP contribution >= 0.6 is 0 Å². The fourth-order valence-corrected chi connectivity index (χ4v) is 3.33. The predicted octanol–water partition coefficient (Wildman–Crippen LogP) is 3.46. The van der Waals surface area contributed by atoms with E-state index < -0.39 is 0 Å². The smallest absolute Gasteiger partial charge is 0.202 e. The third-order valence-corrected chi connectivity index (χ3v) is 4.43. The van der Waals surface area contributed by atoms with Gasteiger partial charge in [-0.1, -0.05) is 19.3 Å². The first-order valence-corrected chi connectivity index (χ1v) is 7.27. The highest BCUT2D eigenvalue weighted by atomic mass is 15.2. The van der Waals surface area contributed by atoms with E-state index in [9.17, 15) is 0 Å². The van der Waals surface area contributed by atoms with Crippen molar-refractivity contribution in [3.63, 3.8) is 0 Å². The van der Waals surface area contributed by atoms with Gasteiger partial charge in [-0.05, 0) is 44.2 Å². The van der Waals surface area contributed by atoms with E-state index in [0.29, 0.717) is 17.9 Å². The van der Waals surface area contributed by atoms with Crippen molar-refractivity contribution in [1.29, 1.82) is 0 Å². The van der Waals surface area contributed by atoms with Gasteiger partial charge < -0.3 is 5.73 Å². The average Bonchev–Trinajstić information content (AvgIpc) is 2.74. The molecule has 1 saturated carbocycles. The first-order valence-electron chi connectivity index (χ1n) is 7.27. The molecular weight excluding hydrogens is 236 g/mol. The molecule has 102 valence electrons. The Hall–Kier alpha value is -1.58. The fourth-order valence-electron chi connectivity index (χ4n) is 3.33. The van der Waals surface area contributed by atoms with Gasteiger partial charge in [0.05, 0.1) is 0 Å². The number of nitrogens with two attached hydrogens (primary N) is 1. The van der Waals surface area contributed by atoms with Crippen LogP contribution in [0.2, 0.25) is 0 Å². The molecule has 2 heterocycles. The molecule has 1 aliphatic carbocycles. The van der Waals surface area contributed by atoms with Gasteiger partial charge in [-0.25, -0.2) is 9.97 Å². The van der Waals surface area contributed by atoms with Crippen molar-refractivity contribution in [2.75, 3.05) is 5.73 Å². The predicted molar refractivity (Wildman–Crippen MR) is 78.0 cm³/mol. The van der Waals surface area contributed by atoms with Crippen molar-refractivity contribution in [2.45, 2.75) is 52.0 Å². The summed E-state index contributed by atoms with van der Waals surface area (Å²) in [5.41, 5.74) is 9.10. The number of hydrogen-bond acceptors (Lipinski definition) is 3. The van der Waals surface area contributed by atoms with Crippen molar-refractivity contribution in [2.24, 2.45) is 5.92 Å². The van der Waals surface area contributed by atoms with Crippen molar-refractivity contribution >= 4 is 17.1 Å². The van der Waals surface area contributed by atoms with Gasteiger partial charge in [-0.2, -0.15) is 0 Å². The van der Waals surface area contributed by atoms with Crippen LogP contribution in [0.4, 0.5) is 5.95 Å². The lowest BCUT2D eigenvalue weighted by Gasteiger charge is -2.29. The highest BCUT2D eigenvalue weighted by Crippen LogP contribution is 2.35. The van der Waals surface area contributed by atoms with E-state index in [-0.39, 0.29) is 0 Å². The first kappa shape index (κ1) is 12.5.